The lowest BCUT2D eigenvalue weighted by atomic mass is 10.0. The van der Waals surface area contributed by atoms with Crippen LogP contribution in [0.2, 0.25) is 10.0 Å². The molecule has 1 aromatic carbocycles. The number of carbonyl (C=O) groups excluding carboxylic acids is 2. The zero-order valence-corrected chi connectivity index (χ0v) is 14.3. The molecule has 0 aliphatic carbocycles. The monoisotopic (exact) mass is 349 g/mol. The van der Waals surface area contributed by atoms with Crippen molar-refractivity contribution < 1.29 is 13.8 Å². The first-order valence-corrected chi connectivity index (χ1v) is 8.43. The van der Waals surface area contributed by atoms with E-state index in [-0.39, 0.29) is 32.4 Å². The largest absolute Gasteiger partial charge is 0.345 e. The predicted molar refractivity (Wildman–Crippen MR) is 85.2 cm³/mol. The van der Waals surface area contributed by atoms with E-state index in [1.807, 2.05) is 13.8 Å². The van der Waals surface area contributed by atoms with Gasteiger partial charge in [0.1, 0.15) is 5.75 Å². The summed E-state index contributed by atoms with van der Waals surface area (Å²) in [6, 6.07) is 4.17. The van der Waals surface area contributed by atoms with Gasteiger partial charge in [-0.15, -0.1) is 0 Å². The number of ketones is 1. The molecule has 0 bridgehead atoms. The summed E-state index contributed by atoms with van der Waals surface area (Å²) in [6.07, 6.45) is 0. The number of hydrogen-bond donors (Lipinski definition) is 1. The fourth-order valence-corrected chi connectivity index (χ4v) is 3.79. The highest BCUT2D eigenvalue weighted by molar-refractivity contribution is 7.86. The zero-order valence-electron chi connectivity index (χ0n) is 12.0. The molecule has 21 heavy (non-hydrogen) atoms. The Kier molecular flexibility index (Phi) is 6.84. The standard InChI is InChI=1S/C14H17Cl2NO3S/c1-8(2)13(9(3)18)17-12(19)7-21(20)14-10(15)5-4-6-11(14)16/h4-6,8,13H,7H2,1-3H3,(H,17,19). The van der Waals surface area contributed by atoms with E-state index in [2.05, 4.69) is 5.32 Å². The molecule has 116 valence electrons. The summed E-state index contributed by atoms with van der Waals surface area (Å²) in [6.45, 7) is 5.06. The van der Waals surface area contributed by atoms with Crippen LogP contribution in [0.15, 0.2) is 23.1 Å². The van der Waals surface area contributed by atoms with E-state index >= 15 is 0 Å². The number of nitrogens with one attached hydrogen (secondary N) is 1. The van der Waals surface area contributed by atoms with Crippen LogP contribution in [0.1, 0.15) is 20.8 Å². The minimum atomic E-state index is -1.67. The maximum Gasteiger partial charge on any atom is 0.233 e. The van der Waals surface area contributed by atoms with Crippen molar-refractivity contribution in [3.8, 4) is 0 Å². The van der Waals surface area contributed by atoms with Gasteiger partial charge in [0.05, 0.1) is 31.8 Å². The van der Waals surface area contributed by atoms with E-state index in [9.17, 15) is 13.8 Å². The normalized spacial score (nSPS) is 13.8. The Morgan fingerprint density at radius 3 is 2.19 bits per heavy atom. The quantitative estimate of drug-likeness (QED) is 0.858. The summed E-state index contributed by atoms with van der Waals surface area (Å²) >= 11 is 11.9. The molecule has 0 radical (unpaired) electrons. The molecular weight excluding hydrogens is 333 g/mol. The van der Waals surface area contributed by atoms with E-state index in [1.165, 1.54) is 6.92 Å². The van der Waals surface area contributed by atoms with Gasteiger partial charge in [-0.2, -0.15) is 0 Å². The van der Waals surface area contributed by atoms with Crippen LogP contribution < -0.4 is 5.32 Å². The lowest BCUT2D eigenvalue weighted by molar-refractivity contribution is -0.126. The van der Waals surface area contributed by atoms with Crippen molar-refractivity contribution in [2.45, 2.75) is 31.7 Å². The highest BCUT2D eigenvalue weighted by Crippen LogP contribution is 2.27. The molecule has 1 N–H and O–H groups in total. The fourth-order valence-electron chi connectivity index (χ4n) is 1.84. The maximum atomic E-state index is 12.2. The van der Waals surface area contributed by atoms with Gasteiger partial charge in [-0.25, -0.2) is 0 Å². The average molecular weight is 350 g/mol. The van der Waals surface area contributed by atoms with Crippen LogP contribution in [0.25, 0.3) is 0 Å². The Morgan fingerprint density at radius 2 is 1.76 bits per heavy atom. The number of halogens is 2. The van der Waals surface area contributed by atoms with Gasteiger partial charge in [0.15, 0.2) is 5.78 Å². The molecule has 2 atom stereocenters. The van der Waals surface area contributed by atoms with Gasteiger partial charge in [-0.05, 0) is 25.0 Å². The Morgan fingerprint density at radius 1 is 1.24 bits per heavy atom. The molecule has 1 aromatic rings. The summed E-state index contributed by atoms with van der Waals surface area (Å²) in [7, 11) is -1.67. The number of amides is 1. The highest BCUT2D eigenvalue weighted by Gasteiger charge is 2.23. The SMILES string of the molecule is CC(=O)C(NC(=O)CS(=O)c1c(Cl)cccc1Cl)C(C)C. The van der Waals surface area contributed by atoms with Gasteiger partial charge in [-0.3, -0.25) is 13.8 Å². The van der Waals surface area contributed by atoms with Crippen molar-refractivity contribution in [3.05, 3.63) is 28.2 Å². The first-order chi connectivity index (χ1) is 9.73. The van der Waals surface area contributed by atoms with Crippen LogP contribution in [0, 0.1) is 5.92 Å². The lowest BCUT2D eigenvalue weighted by Crippen LogP contribution is -2.45. The van der Waals surface area contributed by atoms with Crippen molar-refractivity contribution in [2.24, 2.45) is 5.92 Å². The van der Waals surface area contributed by atoms with E-state index in [0.29, 0.717) is 0 Å². The molecule has 0 aromatic heterocycles. The topological polar surface area (TPSA) is 63.2 Å². The molecule has 0 saturated carbocycles. The average Bonchev–Trinajstić information content (AvgIpc) is 2.34. The number of carbonyl (C=O) groups is 2. The molecule has 1 rings (SSSR count). The summed E-state index contributed by atoms with van der Waals surface area (Å²) in [4.78, 5) is 23.6. The van der Waals surface area contributed by atoms with Crippen molar-refractivity contribution in [3.63, 3.8) is 0 Å². The van der Waals surface area contributed by atoms with Crippen molar-refractivity contribution >= 4 is 45.7 Å². The van der Waals surface area contributed by atoms with Gasteiger partial charge in [0.2, 0.25) is 5.91 Å². The third-order valence-electron chi connectivity index (χ3n) is 2.83. The Bertz CT molecular complexity index is 555. The Balaban J connectivity index is 2.79. The lowest BCUT2D eigenvalue weighted by Gasteiger charge is -2.19. The molecule has 0 heterocycles. The Labute approximate surface area is 136 Å². The number of benzene rings is 1. The first kappa shape index (κ1) is 18.1. The second-order valence-corrected chi connectivity index (χ2v) is 7.14. The molecule has 7 heteroatoms. The van der Waals surface area contributed by atoms with Crippen LogP contribution in [0.4, 0.5) is 0 Å². The smallest absolute Gasteiger partial charge is 0.233 e. The molecule has 1 amide bonds. The van der Waals surface area contributed by atoms with Crippen LogP contribution >= 0.6 is 23.2 Å². The van der Waals surface area contributed by atoms with Crippen molar-refractivity contribution in [2.75, 3.05) is 5.75 Å². The van der Waals surface area contributed by atoms with Crippen molar-refractivity contribution in [1.82, 2.24) is 5.32 Å². The van der Waals surface area contributed by atoms with E-state index in [1.54, 1.807) is 18.2 Å². The second-order valence-electron chi connectivity index (χ2n) is 4.94. The first-order valence-electron chi connectivity index (χ1n) is 6.36. The minimum Gasteiger partial charge on any atom is -0.345 e. The van der Waals surface area contributed by atoms with Crippen LogP contribution in [-0.2, 0) is 20.4 Å². The molecule has 0 aliphatic rings. The summed E-state index contributed by atoms with van der Waals surface area (Å²) in [5.74, 6) is -0.943. The predicted octanol–water partition coefficient (Wildman–Crippen LogP) is 2.83. The molecule has 4 nitrogen and oxygen atoms in total. The highest BCUT2D eigenvalue weighted by atomic mass is 35.5. The van der Waals surface area contributed by atoms with E-state index in [4.69, 9.17) is 23.2 Å². The number of hydrogen-bond acceptors (Lipinski definition) is 3. The fraction of sp³-hybridized carbons (Fsp3) is 0.429. The number of rotatable bonds is 6. The van der Waals surface area contributed by atoms with Crippen molar-refractivity contribution in [1.29, 1.82) is 0 Å². The summed E-state index contributed by atoms with van der Waals surface area (Å²) in [5.41, 5.74) is 0. The third-order valence-corrected chi connectivity index (χ3v) is 5.10. The molecule has 0 saturated heterocycles. The molecular formula is C14H17Cl2NO3S. The molecule has 0 fully saturated rings. The van der Waals surface area contributed by atoms with Gasteiger partial charge in [0, 0.05) is 0 Å². The molecule has 0 spiro atoms. The third kappa shape index (κ3) is 5.09. The van der Waals surface area contributed by atoms with Gasteiger partial charge < -0.3 is 5.32 Å². The van der Waals surface area contributed by atoms with Gasteiger partial charge in [-0.1, -0.05) is 43.1 Å². The van der Waals surface area contributed by atoms with Crippen LogP contribution in [-0.4, -0.2) is 27.7 Å². The molecule has 0 aliphatic heterocycles. The van der Waals surface area contributed by atoms with E-state index < -0.39 is 22.7 Å². The minimum absolute atomic E-state index is 0.0382. The van der Waals surface area contributed by atoms with Gasteiger partial charge in [0.25, 0.3) is 0 Å². The van der Waals surface area contributed by atoms with Crippen LogP contribution in [0.3, 0.4) is 0 Å². The second kappa shape index (κ2) is 7.92. The van der Waals surface area contributed by atoms with E-state index in [0.717, 1.165) is 0 Å². The Hall–Kier alpha value is -0.910. The number of Topliss-reactive ketones (excluding diaryl/α,β-unsaturated/α-hetero) is 1. The van der Waals surface area contributed by atoms with Crippen LogP contribution in [0.5, 0.6) is 0 Å². The summed E-state index contributed by atoms with van der Waals surface area (Å²) < 4.78 is 12.2. The summed E-state index contributed by atoms with van der Waals surface area (Å²) in [5, 5.41) is 3.09. The molecule has 2 unspecified atom stereocenters. The maximum absolute atomic E-state index is 12.2. The van der Waals surface area contributed by atoms with Gasteiger partial charge >= 0.3 is 0 Å². The zero-order chi connectivity index (χ0) is 16.2.